The number of anilines is 2. The number of hydrogen-bond acceptors (Lipinski definition) is 4. The normalized spacial score (nSPS) is 15.8. The van der Waals surface area contributed by atoms with Gasteiger partial charge in [-0.3, -0.25) is 9.52 Å². The highest BCUT2D eigenvalue weighted by molar-refractivity contribution is 7.92. The molecule has 0 spiro atoms. The third-order valence-electron chi connectivity index (χ3n) is 3.92. The SMILES string of the molecule is Cc1ccc(S(=O)(=O)Nc2ccccc2N/C=C2\C=C(Cl)C=C(Cl)C2=O)cc1. The number of carbonyl (C=O) groups excluding carboxylic acids is 1. The van der Waals surface area contributed by atoms with Crippen molar-refractivity contribution in [3.63, 3.8) is 0 Å². The van der Waals surface area contributed by atoms with E-state index >= 15 is 0 Å². The van der Waals surface area contributed by atoms with Crippen LogP contribution in [0.5, 0.6) is 0 Å². The van der Waals surface area contributed by atoms with Gasteiger partial charge in [0.2, 0.25) is 5.78 Å². The largest absolute Gasteiger partial charge is 0.359 e. The number of aryl methyl sites for hydroxylation is 1. The van der Waals surface area contributed by atoms with Gasteiger partial charge in [-0.2, -0.15) is 0 Å². The van der Waals surface area contributed by atoms with Crippen LogP contribution < -0.4 is 10.0 Å². The Bertz CT molecular complexity index is 1120. The first kappa shape index (κ1) is 20.2. The molecule has 8 heteroatoms. The van der Waals surface area contributed by atoms with Crippen molar-refractivity contribution in [3.05, 3.63) is 88.1 Å². The first-order chi connectivity index (χ1) is 13.3. The maximum Gasteiger partial charge on any atom is 0.261 e. The summed E-state index contributed by atoms with van der Waals surface area (Å²) in [5.41, 5.74) is 2.02. The van der Waals surface area contributed by atoms with E-state index < -0.39 is 10.0 Å². The van der Waals surface area contributed by atoms with E-state index in [0.29, 0.717) is 16.4 Å². The van der Waals surface area contributed by atoms with Crippen LogP contribution >= 0.6 is 23.2 Å². The van der Waals surface area contributed by atoms with Crippen molar-refractivity contribution in [2.24, 2.45) is 0 Å². The number of rotatable bonds is 5. The first-order valence-electron chi connectivity index (χ1n) is 8.20. The Morgan fingerprint density at radius 2 is 1.57 bits per heavy atom. The van der Waals surface area contributed by atoms with Crippen LogP contribution in [0.3, 0.4) is 0 Å². The molecule has 0 aromatic heterocycles. The standard InChI is InChI=1S/C20H16Cl2N2O3S/c1-13-6-8-16(9-7-13)28(26,27)24-19-5-3-2-4-18(19)23-12-14-10-15(21)11-17(22)20(14)25/h2-12,23-24H,1H3/b14-12+. The van der Waals surface area contributed by atoms with Crippen LogP contribution in [-0.2, 0) is 14.8 Å². The predicted molar refractivity (Wildman–Crippen MR) is 113 cm³/mol. The number of halogens is 2. The molecule has 144 valence electrons. The summed E-state index contributed by atoms with van der Waals surface area (Å²) >= 11 is 11.8. The number of benzene rings is 2. The number of para-hydroxylation sites is 2. The molecule has 3 rings (SSSR count). The zero-order chi connectivity index (χ0) is 20.3. The Labute approximate surface area is 173 Å². The van der Waals surface area contributed by atoms with Crippen molar-refractivity contribution >= 4 is 50.4 Å². The van der Waals surface area contributed by atoms with Crippen LogP contribution in [0, 0.1) is 6.92 Å². The lowest BCUT2D eigenvalue weighted by atomic mass is 10.1. The second kappa shape index (κ2) is 8.22. The summed E-state index contributed by atoms with van der Waals surface area (Å²) in [6, 6.07) is 13.3. The Balaban J connectivity index is 1.86. The summed E-state index contributed by atoms with van der Waals surface area (Å²) in [6.07, 6.45) is 4.27. The number of carbonyl (C=O) groups is 1. The van der Waals surface area contributed by atoms with Gasteiger partial charge in [-0.15, -0.1) is 0 Å². The van der Waals surface area contributed by atoms with E-state index in [1.54, 1.807) is 36.4 Å². The van der Waals surface area contributed by atoms with Crippen molar-refractivity contribution in [2.75, 3.05) is 10.0 Å². The van der Waals surface area contributed by atoms with Crippen molar-refractivity contribution in [1.82, 2.24) is 0 Å². The lowest BCUT2D eigenvalue weighted by Crippen LogP contribution is -2.14. The van der Waals surface area contributed by atoms with Crippen LogP contribution in [0.2, 0.25) is 0 Å². The van der Waals surface area contributed by atoms with E-state index in [2.05, 4.69) is 10.0 Å². The van der Waals surface area contributed by atoms with E-state index in [4.69, 9.17) is 23.2 Å². The number of sulfonamides is 1. The second-order valence-corrected chi connectivity index (χ2v) is 8.58. The minimum atomic E-state index is -3.76. The first-order valence-corrected chi connectivity index (χ1v) is 10.4. The highest BCUT2D eigenvalue weighted by Crippen LogP contribution is 2.27. The highest BCUT2D eigenvalue weighted by atomic mass is 35.5. The minimum absolute atomic E-state index is 0.00825. The lowest BCUT2D eigenvalue weighted by molar-refractivity contribution is -0.111. The van der Waals surface area contributed by atoms with Crippen molar-refractivity contribution in [2.45, 2.75) is 11.8 Å². The van der Waals surface area contributed by atoms with Gasteiger partial charge in [-0.05, 0) is 43.3 Å². The summed E-state index contributed by atoms with van der Waals surface area (Å²) in [4.78, 5) is 12.2. The molecule has 0 amide bonds. The highest BCUT2D eigenvalue weighted by Gasteiger charge is 2.18. The molecule has 1 aliphatic carbocycles. The smallest absolute Gasteiger partial charge is 0.261 e. The fourth-order valence-electron chi connectivity index (χ4n) is 2.46. The molecule has 0 saturated heterocycles. The monoisotopic (exact) mass is 434 g/mol. The summed E-state index contributed by atoms with van der Waals surface area (Å²) in [5, 5.41) is 3.27. The molecule has 0 saturated carbocycles. The van der Waals surface area contributed by atoms with E-state index in [0.717, 1.165) is 5.56 Å². The van der Waals surface area contributed by atoms with Gasteiger partial charge in [0.1, 0.15) is 0 Å². The molecular weight excluding hydrogens is 419 g/mol. The number of Topliss-reactive ketones (excluding diaryl/α,β-unsaturated/α-hetero) is 1. The Morgan fingerprint density at radius 1 is 0.929 bits per heavy atom. The molecule has 0 radical (unpaired) electrons. The van der Waals surface area contributed by atoms with Crippen LogP contribution in [0.25, 0.3) is 0 Å². The van der Waals surface area contributed by atoms with Crippen LogP contribution in [0.4, 0.5) is 11.4 Å². The minimum Gasteiger partial charge on any atom is -0.359 e. The molecular formula is C20H16Cl2N2O3S. The third-order valence-corrected chi connectivity index (χ3v) is 5.80. The summed E-state index contributed by atoms with van der Waals surface area (Å²) < 4.78 is 27.9. The Hall–Kier alpha value is -2.54. The molecule has 28 heavy (non-hydrogen) atoms. The van der Waals surface area contributed by atoms with Gasteiger partial charge in [-0.25, -0.2) is 8.42 Å². The molecule has 5 nitrogen and oxygen atoms in total. The van der Waals surface area contributed by atoms with Crippen molar-refractivity contribution < 1.29 is 13.2 Å². The van der Waals surface area contributed by atoms with Crippen LogP contribution in [0.15, 0.2) is 87.4 Å². The van der Waals surface area contributed by atoms with E-state index in [-0.39, 0.29) is 21.3 Å². The predicted octanol–water partition coefficient (Wildman–Crippen LogP) is 4.92. The number of nitrogens with one attached hydrogen (secondary N) is 2. The van der Waals surface area contributed by atoms with E-state index in [1.807, 2.05) is 6.92 Å². The molecule has 0 bridgehead atoms. The van der Waals surface area contributed by atoms with E-state index in [1.165, 1.54) is 30.5 Å². The van der Waals surface area contributed by atoms with Crippen LogP contribution in [-0.4, -0.2) is 14.2 Å². The average molecular weight is 435 g/mol. The number of ketones is 1. The summed E-state index contributed by atoms with van der Waals surface area (Å²) in [7, 11) is -3.76. The lowest BCUT2D eigenvalue weighted by Gasteiger charge is -2.14. The second-order valence-electron chi connectivity index (χ2n) is 6.06. The summed E-state index contributed by atoms with van der Waals surface area (Å²) in [5.74, 6) is -0.378. The molecule has 0 aliphatic heterocycles. The number of hydrogen-bond donors (Lipinski definition) is 2. The topological polar surface area (TPSA) is 75.3 Å². The maximum atomic E-state index is 12.6. The van der Waals surface area contributed by atoms with Gasteiger partial charge in [0.05, 0.1) is 21.3 Å². The average Bonchev–Trinajstić information content (AvgIpc) is 2.64. The molecule has 0 atom stereocenters. The van der Waals surface area contributed by atoms with Gasteiger partial charge in [-0.1, -0.05) is 53.0 Å². The zero-order valence-corrected chi connectivity index (χ0v) is 17.1. The zero-order valence-electron chi connectivity index (χ0n) is 14.7. The molecule has 0 fully saturated rings. The molecule has 2 aromatic carbocycles. The van der Waals surface area contributed by atoms with Crippen LogP contribution in [0.1, 0.15) is 5.56 Å². The van der Waals surface area contributed by atoms with Crippen molar-refractivity contribution in [1.29, 1.82) is 0 Å². The van der Waals surface area contributed by atoms with E-state index in [9.17, 15) is 13.2 Å². The Morgan fingerprint density at radius 3 is 2.25 bits per heavy atom. The molecule has 0 heterocycles. The van der Waals surface area contributed by atoms with Gasteiger partial charge in [0.25, 0.3) is 10.0 Å². The molecule has 0 unspecified atom stereocenters. The maximum absolute atomic E-state index is 12.6. The van der Waals surface area contributed by atoms with Crippen molar-refractivity contribution in [3.8, 4) is 0 Å². The number of allylic oxidation sites excluding steroid dienone is 5. The quantitative estimate of drug-likeness (QED) is 0.654. The van der Waals surface area contributed by atoms with Gasteiger partial charge >= 0.3 is 0 Å². The van der Waals surface area contributed by atoms with Gasteiger partial charge < -0.3 is 5.32 Å². The molecule has 2 aromatic rings. The van der Waals surface area contributed by atoms with Gasteiger partial charge in [0, 0.05) is 16.8 Å². The molecule has 1 aliphatic rings. The Kier molecular flexibility index (Phi) is 5.93. The fourth-order valence-corrected chi connectivity index (χ4v) is 4.05. The van der Waals surface area contributed by atoms with Gasteiger partial charge in [0.15, 0.2) is 0 Å². The third kappa shape index (κ3) is 4.65. The fraction of sp³-hybridized carbons (Fsp3) is 0.0500. The summed E-state index contributed by atoms with van der Waals surface area (Å²) in [6.45, 7) is 1.88. The molecule has 2 N–H and O–H groups in total.